The maximum absolute atomic E-state index is 13.5. The van der Waals surface area contributed by atoms with Gasteiger partial charge in [-0.15, -0.1) is 11.3 Å². The number of hydrogen-bond donors (Lipinski definition) is 3. The molecule has 156 valence electrons. The molecule has 0 unspecified atom stereocenters. The first-order chi connectivity index (χ1) is 14.7. The third kappa shape index (κ3) is 4.02. The summed E-state index contributed by atoms with van der Waals surface area (Å²) in [5.41, 5.74) is 4.01. The molecule has 1 saturated carbocycles. The lowest BCUT2D eigenvalue weighted by atomic mass is 9.91. The van der Waals surface area contributed by atoms with E-state index in [0.29, 0.717) is 17.5 Å². The molecule has 5 rings (SSSR count). The minimum absolute atomic E-state index is 0.125. The van der Waals surface area contributed by atoms with Gasteiger partial charge >= 0.3 is 0 Å². The fourth-order valence-corrected chi connectivity index (χ4v) is 4.80. The summed E-state index contributed by atoms with van der Waals surface area (Å²) >= 11 is 1.45. The Kier molecular flexibility index (Phi) is 5.35. The number of amides is 1. The number of aromatic nitrogens is 3. The molecule has 1 aromatic carbocycles. The van der Waals surface area contributed by atoms with E-state index in [1.165, 1.54) is 36.3 Å². The summed E-state index contributed by atoms with van der Waals surface area (Å²) in [5.74, 6) is 0.564. The lowest BCUT2D eigenvalue weighted by Gasteiger charge is -2.22. The van der Waals surface area contributed by atoms with Crippen LogP contribution >= 0.6 is 11.3 Å². The molecule has 1 aliphatic heterocycles. The molecule has 0 radical (unpaired) electrons. The van der Waals surface area contributed by atoms with E-state index < -0.39 is 0 Å². The van der Waals surface area contributed by atoms with Crippen LogP contribution in [0.5, 0.6) is 0 Å². The topological polar surface area (TPSA) is 82.7 Å². The summed E-state index contributed by atoms with van der Waals surface area (Å²) in [6.07, 6.45) is 4.41. The highest BCUT2D eigenvalue weighted by atomic mass is 32.1. The Morgan fingerprint density at radius 3 is 2.67 bits per heavy atom. The smallest absolute Gasteiger partial charge is 0.270 e. The third-order valence-corrected chi connectivity index (χ3v) is 6.72. The minimum atomic E-state index is -0.279. The van der Waals surface area contributed by atoms with Gasteiger partial charge in [0.15, 0.2) is 0 Å². The molecule has 1 saturated heterocycles. The van der Waals surface area contributed by atoms with Crippen LogP contribution in [-0.2, 0) is 0 Å². The molecule has 0 spiro atoms. The van der Waals surface area contributed by atoms with E-state index in [1.54, 1.807) is 12.1 Å². The molecule has 30 heavy (non-hydrogen) atoms. The van der Waals surface area contributed by atoms with Crippen molar-refractivity contribution in [2.75, 3.05) is 19.6 Å². The van der Waals surface area contributed by atoms with Crippen LogP contribution in [0.2, 0.25) is 0 Å². The van der Waals surface area contributed by atoms with Gasteiger partial charge in [-0.3, -0.25) is 9.89 Å². The van der Waals surface area contributed by atoms with E-state index >= 15 is 0 Å². The van der Waals surface area contributed by atoms with Crippen molar-refractivity contribution >= 4 is 17.2 Å². The van der Waals surface area contributed by atoms with Gasteiger partial charge in [-0.25, -0.2) is 9.37 Å². The molecule has 0 atom stereocenters. The van der Waals surface area contributed by atoms with Gasteiger partial charge in [0.2, 0.25) is 0 Å². The maximum atomic E-state index is 13.5. The summed E-state index contributed by atoms with van der Waals surface area (Å²) in [5, 5.41) is 16.8. The number of piperidine rings is 1. The lowest BCUT2D eigenvalue weighted by molar-refractivity contribution is 0.0947. The van der Waals surface area contributed by atoms with Crippen molar-refractivity contribution in [2.24, 2.45) is 5.92 Å². The minimum Gasteiger partial charge on any atom is -0.350 e. The molecule has 1 amide bonds. The first kappa shape index (κ1) is 19.4. The Morgan fingerprint density at radius 2 is 1.93 bits per heavy atom. The van der Waals surface area contributed by atoms with Gasteiger partial charge in [0.05, 0.1) is 5.56 Å². The quantitative estimate of drug-likeness (QED) is 0.559. The van der Waals surface area contributed by atoms with Gasteiger partial charge in [0.1, 0.15) is 22.2 Å². The molecule has 3 N–H and O–H groups in total. The van der Waals surface area contributed by atoms with Gasteiger partial charge in [-0.1, -0.05) is 0 Å². The highest BCUT2D eigenvalue weighted by Crippen LogP contribution is 2.40. The van der Waals surface area contributed by atoms with E-state index in [2.05, 4.69) is 25.8 Å². The molecule has 2 fully saturated rings. The number of thiazole rings is 1. The number of nitrogens with one attached hydrogen (secondary N) is 3. The van der Waals surface area contributed by atoms with Crippen molar-refractivity contribution in [1.29, 1.82) is 0 Å². The molecule has 2 aliphatic rings. The molecule has 2 aromatic heterocycles. The largest absolute Gasteiger partial charge is 0.350 e. The second-order valence-electron chi connectivity index (χ2n) is 8.08. The van der Waals surface area contributed by atoms with E-state index in [4.69, 9.17) is 0 Å². The predicted molar refractivity (Wildman–Crippen MR) is 115 cm³/mol. The highest BCUT2D eigenvalue weighted by Gasteiger charge is 2.27. The van der Waals surface area contributed by atoms with Crippen LogP contribution < -0.4 is 10.6 Å². The molecular weight excluding hydrogens is 401 g/mol. The van der Waals surface area contributed by atoms with Crippen molar-refractivity contribution in [3.63, 3.8) is 0 Å². The van der Waals surface area contributed by atoms with Gasteiger partial charge in [-0.05, 0) is 69.0 Å². The number of hydrogen-bond acceptors (Lipinski definition) is 5. The van der Waals surface area contributed by atoms with Crippen LogP contribution in [0, 0.1) is 11.7 Å². The van der Waals surface area contributed by atoms with Crippen LogP contribution in [0.4, 0.5) is 4.39 Å². The molecule has 0 bridgehead atoms. The van der Waals surface area contributed by atoms with Gasteiger partial charge < -0.3 is 10.6 Å². The van der Waals surface area contributed by atoms with Gasteiger partial charge in [-0.2, -0.15) is 5.10 Å². The molecular formula is C22H24FN5OS. The Hall–Kier alpha value is -2.58. The number of halogens is 1. The van der Waals surface area contributed by atoms with Crippen molar-refractivity contribution in [1.82, 2.24) is 25.8 Å². The van der Waals surface area contributed by atoms with Crippen LogP contribution in [0.15, 0.2) is 29.6 Å². The van der Waals surface area contributed by atoms with Crippen LogP contribution in [0.25, 0.3) is 21.8 Å². The summed E-state index contributed by atoms with van der Waals surface area (Å²) in [7, 11) is 0. The summed E-state index contributed by atoms with van der Waals surface area (Å²) < 4.78 is 13.5. The highest BCUT2D eigenvalue weighted by molar-refractivity contribution is 7.13. The van der Waals surface area contributed by atoms with E-state index in [9.17, 15) is 9.18 Å². The van der Waals surface area contributed by atoms with Crippen molar-refractivity contribution < 1.29 is 9.18 Å². The number of nitrogens with zero attached hydrogens (tertiary/aromatic N) is 2. The number of rotatable bonds is 6. The maximum Gasteiger partial charge on any atom is 0.270 e. The zero-order valence-corrected chi connectivity index (χ0v) is 17.4. The average Bonchev–Trinajstić information content (AvgIpc) is 3.30. The van der Waals surface area contributed by atoms with Gasteiger partial charge in [0.25, 0.3) is 5.91 Å². The molecule has 3 aromatic rings. The SMILES string of the molecule is O=C(NCC1CC1)c1csc(-c2c(-c3ccc(F)cc3)n[nH]c2C2CCNCC2)n1. The van der Waals surface area contributed by atoms with Crippen molar-refractivity contribution in [2.45, 2.75) is 31.6 Å². The standard InChI is InChI=1S/C22H24FN5OS/c23-16-5-3-14(4-6-16)19-18(20(28-27-19)15-7-9-24-10-8-15)22-26-17(12-30-22)21(29)25-11-13-1-2-13/h3-6,12-13,15,24H,1-2,7-11H2,(H,25,29)(H,27,28). The average molecular weight is 426 g/mol. The number of carbonyl (C=O) groups is 1. The second kappa shape index (κ2) is 8.28. The molecule has 8 heteroatoms. The van der Waals surface area contributed by atoms with Crippen molar-refractivity contribution in [3.8, 4) is 21.8 Å². The second-order valence-corrected chi connectivity index (χ2v) is 8.94. The third-order valence-electron chi connectivity index (χ3n) is 5.86. The number of benzene rings is 1. The van der Waals surface area contributed by atoms with Gasteiger partial charge in [0, 0.05) is 29.1 Å². The van der Waals surface area contributed by atoms with E-state index in [1.807, 2.05) is 5.38 Å². The predicted octanol–water partition coefficient (Wildman–Crippen LogP) is 3.95. The first-order valence-electron chi connectivity index (χ1n) is 10.5. The normalized spacial score (nSPS) is 17.2. The van der Waals surface area contributed by atoms with Crippen LogP contribution in [-0.4, -0.2) is 40.7 Å². The number of H-pyrrole nitrogens is 1. The Balaban J connectivity index is 1.50. The fourth-order valence-electron chi connectivity index (χ4n) is 3.94. The van der Waals surface area contributed by atoms with E-state index in [-0.39, 0.29) is 11.7 Å². The van der Waals surface area contributed by atoms with Crippen LogP contribution in [0.3, 0.4) is 0 Å². The number of carbonyl (C=O) groups excluding carboxylic acids is 1. The lowest BCUT2D eigenvalue weighted by Crippen LogP contribution is -2.27. The zero-order chi connectivity index (χ0) is 20.5. The summed E-state index contributed by atoms with van der Waals surface area (Å²) in [6.45, 7) is 2.64. The Morgan fingerprint density at radius 1 is 1.17 bits per heavy atom. The van der Waals surface area contributed by atoms with E-state index in [0.717, 1.165) is 60.0 Å². The summed E-state index contributed by atoms with van der Waals surface area (Å²) in [4.78, 5) is 17.2. The fraction of sp³-hybridized carbons (Fsp3) is 0.409. The molecule has 3 heterocycles. The summed E-state index contributed by atoms with van der Waals surface area (Å²) in [6, 6.07) is 6.35. The van der Waals surface area contributed by atoms with Crippen LogP contribution in [0.1, 0.15) is 47.8 Å². The molecule has 1 aliphatic carbocycles. The molecule has 6 nitrogen and oxygen atoms in total. The number of aromatic amines is 1. The Labute approximate surface area is 178 Å². The first-order valence-corrected chi connectivity index (χ1v) is 11.4. The monoisotopic (exact) mass is 425 g/mol. The Bertz CT molecular complexity index is 1030. The zero-order valence-electron chi connectivity index (χ0n) is 16.6. The van der Waals surface area contributed by atoms with Crippen molar-refractivity contribution in [3.05, 3.63) is 46.9 Å².